The lowest BCUT2D eigenvalue weighted by atomic mass is 10.2. The Labute approximate surface area is 104 Å². The lowest BCUT2D eigenvalue weighted by Gasteiger charge is -2.05. The largest absolute Gasteiger partial charge is 0.504 e. The third kappa shape index (κ3) is 3.01. The highest BCUT2D eigenvalue weighted by Crippen LogP contribution is 2.28. The molecule has 0 heterocycles. The molecule has 2 rings (SSSR count). The number of hydrogen-bond donors (Lipinski definition) is 2. The second kappa shape index (κ2) is 5.23. The number of phenols is 2. The maximum absolute atomic E-state index is 11.6. The fourth-order valence-corrected chi connectivity index (χ4v) is 1.50. The van der Waals surface area contributed by atoms with E-state index >= 15 is 0 Å². The molecule has 0 bridgehead atoms. The summed E-state index contributed by atoms with van der Waals surface area (Å²) in [7, 11) is 0. The van der Waals surface area contributed by atoms with E-state index in [0.717, 1.165) is 5.56 Å². The number of carbonyl (C=O) groups is 1. The summed E-state index contributed by atoms with van der Waals surface area (Å²) in [4.78, 5) is 11.6. The molecule has 92 valence electrons. The molecule has 0 spiro atoms. The normalized spacial score (nSPS) is 10.0. The van der Waals surface area contributed by atoms with E-state index in [2.05, 4.69) is 0 Å². The average Bonchev–Trinajstić information content (AvgIpc) is 2.35. The Morgan fingerprint density at radius 2 is 1.72 bits per heavy atom. The van der Waals surface area contributed by atoms with Gasteiger partial charge in [0, 0.05) is 6.07 Å². The van der Waals surface area contributed by atoms with E-state index in [1.54, 1.807) is 0 Å². The van der Waals surface area contributed by atoms with Crippen LogP contribution in [0.25, 0.3) is 0 Å². The van der Waals surface area contributed by atoms with Crippen molar-refractivity contribution >= 4 is 5.97 Å². The first kappa shape index (κ1) is 12.0. The first-order valence-corrected chi connectivity index (χ1v) is 5.42. The first-order chi connectivity index (χ1) is 8.65. The number of phenolic OH excluding ortho intramolecular Hbond substituents is 2. The zero-order valence-electron chi connectivity index (χ0n) is 9.54. The number of esters is 1. The van der Waals surface area contributed by atoms with Gasteiger partial charge in [-0.15, -0.1) is 0 Å². The van der Waals surface area contributed by atoms with Crippen molar-refractivity contribution in [2.24, 2.45) is 0 Å². The van der Waals surface area contributed by atoms with Crippen LogP contribution in [-0.2, 0) is 11.2 Å². The molecule has 0 aliphatic heterocycles. The molecule has 0 aromatic heterocycles. The fraction of sp³-hybridized carbons (Fsp3) is 0.0714. The first-order valence-electron chi connectivity index (χ1n) is 5.42. The molecular weight excluding hydrogens is 232 g/mol. The standard InChI is InChI=1S/C14H12O4/c15-12-7-6-11(9-13(12)16)18-14(17)8-10-4-2-1-3-5-10/h1-7,9,15-16H,8H2. The molecule has 2 aromatic rings. The third-order valence-corrected chi connectivity index (χ3v) is 2.37. The van der Waals surface area contributed by atoms with Crippen LogP contribution in [-0.4, -0.2) is 16.2 Å². The lowest BCUT2D eigenvalue weighted by Crippen LogP contribution is -2.10. The minimum Gasteiger partial charge on any atom is -0.504 e. The van der Waals surface area contributed by atoms with E-state index in [4.69, 9.17) is 9.84 Å². The van der Waals surface area contributed by atoms with E-state index in [1.807, 2.05) is 30.3 Å². The highest BCUT2D eigenvalue weighted by molar-refractivity contribution is 5.75. The van der Waals surface area contributed by atoms with Crippen LogP contribution in [0.1, 0.15) is 5.56 Å². The summed E-state index contributed by atoms with van der Waals surface area (Å²) in [6, 6.07) is 13.1. The molecule has 0 saturated carbocycles. The number of benzene rings is 2. The van der Waals surface area contributed by atoms with Crippen molar-refractivity contribution in [3.63, 3.8) is 0 Å². The molecule has 0 aliphatic carbocycles. The molecule has 0 atom stereocenters. The van der Waals surface area contributed by atoms with Gasteiger partial charge in [-0.1, -0.05) is 30.3 Å². The smallest absolute Gasteiger partial charge is 0.315 e. The summed E-state index contributed by atoms with van der Waals surface area (Å²) in [5.74, 6) is -0.796. The predicted octanol–water partition coefficient (Wildman–Crippen LogP) is 2.25. The number of aromatic hydroxyl groups is 2. The summed E-state index contributed by atoms with van der Waals surface area (Å²) in [5.41, 5.74) is 0.852. The molecule has 0 saturated heterocycles. The monoisotopic (exact) mass is 244 g/mol. The number of rotatable bonds is 3. The maximum atomic E-state index is 11.6. The Bertz CT molecular complexity index is 549. The van der Waals surface area contributed by atoms with Gasteiger partial charge >= 0.3 is 5.97 Å². The highest BCUT2D eigenvalue weighted by atomic mass is 16.5. The van der Waals surface area contributed by atoms with Crippen molar-refractivity contribution in [3.8, 4) is 17.2 Å². The van der Waals surface area contributed by atoms with Crippen LogP contribution < -0.4 is 4.74 Å². The number of hydrogen-bond acceptors (Lipinski definition) is 4. The molecule has 0 aliphatic rings. The molecule has 0 unspecified atom stereocenters. The van der Waals surface area contributed by atoms with Crippen LogP contribution in [0.2, 0.25) is 0 Å². The summed E-state index contributed by atoms with van der Waals surface area (Å²) in [5, 5.41) is 18.4. The van der Waals surface area contributed by atoms with Gasteiger partial charge in [0.1, 0.15) is 5.75 Å². The Morgan fingerprint density at radius 3 is 2.39 bits per heavy atom. The molecule has 18 heavy (non-hydrogen) atoms. The third-order valence-electron chi connectivity index (χ3n) is 2.37. The number of carbonyl (C=O) groups excluding carboxylic acids is 1. The van der Waals surface area contributed by atoms with E-state index in [1.165, 1.54) is 18.2 Å². The van der Waals surface area contributed by atoms with Crippen molar-refractivity contribution < 1.29 is 19.7 Å². The zero-order chi connectivity index (χ0) is 13.0. The fourth-order valence-electron chi connectivity index (χ4n) is 1.50. The average molecular weight is 244 g/mol. The minimum absolute atomic E-state index is 0.155. The summed E-state index contributed by atoms with van der Waals surface area (Å²) < 4.78 is 5.04. The Kier molecular flexibility index (Phi) is 3.48. The van der Waals surface area contributed by atoms with E-state index in [-0.39, 0.29) is 23.7 Å². The summed E-state index contributed by atoms with van der Waals surface area (Å²) in [6.45, 7) is 0. The summed E-state index contributed by atoms with van der Waals surface area (Å²) in [6.07, 6.45) is 0.155. The predicted molar refractivity (Wildman–Crippen MR) is 65.6 cm³/mol. The van der Waals surface area contributed by atoms with Crippen LogP contribution in [0.5, 0.6) is 17.2 Å². The Balaban J connectivity index is 2.01. The van der Waals surface area contributed by atoms with Crippen molar-refractivity contribution in [1.29, 1.82) is 0 Å². The van der Waals surface area contributed by atoms with E-state index < -0.39 is 5.97 Å². The van der Waals surface area contributed by atoms with Crippen molar-refractivity contribution in [1.82, 2.24) is 0 Å². The highest BCUT2D eigenvalue weighted by Gasteiger charge is 2.08. The van der Waals surface area contributed by atoms with Gasteiger partial charge in [0.05, 0.1) is 6.42 Å². The maximum Gasteiger partial charge on any atom is 0.315 e. The second-order valence-electron chi connectivity index (χ2n) is 3.79. The molecule has 4 heteroatoms. The molecule has 0 fully saturated rings. The Morgan fingerprint density at radius 1 is 1.00 bits per heavy atom. The van der Waals surface area contributed by atoms with Crippen LogP contribution in [0.15, 0.2) is 48.5 Å². The molecule has 2 N–H and O–H groups in total. The van der Waals surface area contributed by atoms with Crippen LogP contribution in [0, 0.1) is 0 Å². The van der Waals surface area contributed by atoms with Gasteiger partial charge in [-0.05, 0) is 17.7 Å². The van der Waals surface area contributed by atoms with Gasteiger partial charge in [0.25, 0.3) is 0 Å². The topological polar surface area (TPSA) is 66.8 Å². The van der Waals surface area contributed by atoms with Crippen molar-refractivity contribution in [3.05, 3.63) is 54.1 Å². The molecule has 0 radical (unpaired) electrons. The second-order valence-corrected chi connectivity index (χ2v) is 3.79. The van der Waals surface area contributed by atoms with Gasteiger partial charge in [-0.3, -0.25) is 4.79 Å². The quantitative estimate of drug-likeness (QED) is 0.493. The molecule has 4 nitrogen and oxygen atoms in total. The van der Waals surface area contributed by atoms with Gasteiger partial charge in [-0.25, -0.2) is 0 Å². The van der Waals surface area contributed by atoms with E-state index in [9.17, 15) is 9.90 Å². The molecular formula is C14H12O4. The van der Waals surface area contributed by atoms with Gasteiger partial charge in [-0.2, -0.15) is 0 Å². The lowest BCUT2D eigenvalue weighted by molar-refractivity contribution is -0.133. The van der Waals surface area contributed by atoms with Crippen LogP contribution >= 0.6 is 0 Å². The van der Waals surface area contributed by atoms with Crippen molar-refractivity contribution in [2.45, 2.75) is 6.42 Å². The Hall–Kier alpha value is -2.49. The van der Waals surface area contributed by atoms with Crippen LogP contribution in [0.4, 0.5) is 0 Å². The van der Waals surface area contributed by atoms with Gasteiger partial charge < -0.3 is 14.9 Å². The van der Waals surface area contributed by atoms with E-state index in [0.29, 0.717) is 0 Å². The number of ether oxygens (including phenoxy) is 1. The van der Waals surface area contributed by atoms with Gasteiger partial charge in [0.2, 0.25) is 0 Å². The SMILES string of the molecule is O=C(Cc1ccccc1)Oc1ccc(O)c(O)c1. The summed E-state index contributed by atoms with van der Waals surface area (Å²) >= 11 is 0. The minimum atomic E-state index is -0.425. The van der Waals surface area contributed by atoms with Crippen LogP contribution in [0.3, 0.4) is 0 Å². The van der Waals surface area contributed by atoms with Gasteiger partial charge in [0.15, 0.2) is 11.5 Å². The molecule has 2 aromatic carbocycles. The van der Waals surface area contributed by atoms with Crippen molar-refractivity contribution in [2.75, 3.05) is 0 Å². The molecule has 0 amide bonds. The zero-order valence-corrected chi connectivity index (χ0v) is 9.54.